The van der Waals surface area contributed by atoms with Crippen LogP contribution in [0.3, 0.4) is 0 Å². The molecule has 39 heavy (non-hydrogen) atoms. The lowest BCUT2D eigenvalue weighted by Gasteiger charge is -2.51. The summed E-state index contributed by atoms with van der Waals surface area (Å²) in [5.74, 6) is -1.26. The minimum absolute atomic E-state index is 0.00191. The van der Waals surface area contributed by atoms with Gasteiger partial charge in [0.1, 0.15) is 11.1 Å². The number of H-pyrrole nitrogens is 1. The summed E-state index contributed by atoms with van der Waals surface area (Å²) in [6.07, 6.45) is -1.62. The van der Waals surface area contributed by atoms with Gasteiger partial charge in [0.05, 0.1) is 35.6 Å². The van der Waals surface area contributed by atoms with Crippen molar-refractivity contribution in [1.29, 1.82) is 0 Å². The second-order valence-corrected chi connectivity index (χ2v) is 10.4. The number of piperidine rings is 1. The number of nitrogens with two attached hydrogens (primary N) is 2. The maximum absolute atomic E-state index is 13.2. The second-order valence-electron chi connectivity index (χ2n) is 10.4. The van der Waals surface area contributed by atoms with E-state index >= 15 is 0 Å². The van der Waals surface area contributed by atoms with Crippen molar-refractivity contribution < 1.29 is 27.8 Å². The predicted octanol–water partition coefficient (Wildman–Crippen LogP) is 2.27. The molecule has 2 fully saturated rings. The summed E-state index contributed by atoms with van der Waals surface area (Å²) in [6.45, 7) is 2.47. The first-order valence-corrected chi connectivity index (χ1v) is 12.3. The van der Waals surface area contributed by atoms with E-state index in [1.807, 2.05) is 0 Å². The molecule has 4 aromatic rings. The Hall–Kier alpha value is -3.98. The van der Waals surface area contributed by atoms with Gasteiger partial charge in [0.25, 0.3) is 5.91 Å². The number of carbonyl (C=O) groups is 1. The van der Waals surface area contributed by atoms with Gasteiger partial charge >= 0.3 is 6.18 Å². The number of carbonyl (C=O) groups excluding carboxylic acids is 1. The number of likely N-dealkylation sites (tertiary alicyclic amines) is 1. The summed E-state index contributed by atoms with van der Waals surface area (Å²) >= 11 is 0. The van der Waals surface area contributed by atoms with Crippen LogP contribution in [0.25, 0.3) is 22.2 Å². The molecule has 0 unspecified atom stereocenters. The Morgan fingerprint density at radius 3 is 2.67 bits per heavy atom. The van der Waals surface area contributed by atoms with E-state index < -0.39 is 29.2 Å². The number of anilines is 2. The van der Waals surface area contributed by atoms with Gasteiger partial charge < -0.3 is 35.8 Å². The lowest BCUT2D eigenvalue weighted by molar-refractivity contribution is -0.198. The molecule has 2 aliphatic rings. The van der Waals surface area contributed by atoms with Gasteiger partial charge in [-0.3, -0.25) is 4.79 Å². The zero-order valence-corrected chi connectivity index (χ0v) is 20.9. The average molecular weight is 546 g/mol. The van der Waals surface area contributed by atoms with E-state index in [4.69, 9.17) is 16.2 Å². The van der Waals surface area contributed by atoms with Crippen LogP contribution in [0.1, 0.15) is 48.4 Å². The molecule has 0 saturated carbocycles. The maximum Gasteiger partial charge on any atom is 0.449 e. The van der Waals surface area contributed by atoms with Gasteiger partial charge in [-0.15, -0.1) is 0 Å². The number of halogens is 3. The summed E-state index contributed by atoms with van der Waals surface area (Å²) < 4.78 is 47.0. The highest BCUT2D eigenvalue weighted by Gasteiger charge is 2.50. The van der Waals surface area contributed by atoms with Crippen LogP contribution in [-0.2, 0) is 10.9 Å². The lowest BCUT2D eigenvalue weighted by atomic mass is 9.77. The minimum Gasteiger partial charge on any atom is -0.386 e. The fourth-order valence-corrected chi connectivity index (χ4v) is 5.53. The number of nitrogens with zero attached hydrogens (tertiary/aromatic N) is 6. The molecule has 1 spiro atoms. The molecule has 6 rings (SSSR count). The van der Waals surface area contributed by atoms with E-state index in [2.05, 4.69) is 24.9 Å². The molecule has 3 aromatic heterocycles. The molecule has 0 radical (unpaired) electrons. The number of aromatic nitrogens is 6. The number of benzene rings is 1. The average Bonchev–Trinajstić information content (AvgIpc) is 3.50. The number of ether oxygens (including phenoxy) is 1. The number of nitrogens with one attached hydrogen (secondary N) is 1. The quantitative estimate of drug-likeness (QED) is 0.295. The fourth-order valence-electron chi connectivity index (χ4n) is 5.53. The third-order valence-electron chi connectivity index (χ3n) is 7.71. The number of imidazole rings is 2. The monoisotopic (exact) mass is 545 g/mol. The van der Waals surface area contributed by atoms with Crippen LogP contribution in [0.15, 0.2) is 24.5 Å². The first-order chi connectivity index (χ1) is 18.4. The number of nitrogen functional groups attached to an aromatic ring is 2. The standard InChI is InChI=1S/C24H26F3N9O3/c1-22(38)10-39-23(9-15(22)36-11-30-16-17(28)33-21(29)34-18(16)36)4-6-35(7-5-23)19(37)12-2-3-13-14(8-12)32-20(31-13)24(25,26)27/h2-3,8,11,15,38H,4-7,9-10H2,1H3,(H,31,32)(H4,28,29,33,34)/t15-,22-/m0/s1. The Balaban J connectivity index is 1.20. The van der Waals surface area contributed by atoms with Crippen molar-refractivity contribution in [3.05, 3.63) is 35.9 Å². The van der Waals surface area contributed by atoms with Crippen molar-refractivity contribution >= 4 is 39.9 Å². The van der Waals surface area contributed by atoms with Crippen LogP contribution in [0, 0.1) is 0 Å². The van der Waals surface area contributed by atoms with Crippen molar-refractivity contribution in [2.24, 2.45) is 0 Å². The van der Waals surface area contributed by atoms with E-state index in [1.165, 1.54) is 18.2 Å². The van der Waals surface area contributed by atoms with Crippen LogP contribution in [0.2, 0.25) is 0 Å². The molecule has 5 heterocycles. The number of fused-ring (bicyclic) bond motifs is 2. The topological polar surface area (TPSA) is 174 Å². The van der Waals surface area contributed by atoms with Gasteiger partial charge in [0, 0.05) is 25.1 Å². The highest BCUT2D eigenvalue weighted by molar-refractivity contribution is 5.97. The van der Waals surface area contributed by atoms with Crippen molar-refractivity contribution in [2.45, 2.75) is 49.6 Å². The SMILES string of the molecule is C[C@]1(O)COC2(CCN(C(=O)c3ccc4nc(C(F)(F)F)[nH]c4c3)CC2)C[C@@H]1n1cnc2c(N)nc(N)nc21. The number of hydrogen-bond acceptors (Lipinski definition) is 9. The van der Waals surface area contributed by atoms with E-state index in [0.717, 1.165) is 0 Å². The Morgan fingerprint density at radius 1 is 1.21 bits per heavy atom. The van der Waals surface area contributed by atoms with Gasteiger partial charge in [0.15, 0.2) is 11.5 Å². The summed E-state index contributed by atoms with van der Waals surface area (Å²) in [7, 11) is 0. The Morgan fingerprint density at radius 2 is 1.95 bits per heavy atom. The second kappa shape index (κ2) is 8.51. The summed E-state index contributed by atoms with van der Waals surface area (Å²) in [6, 6.07) is 3.80. The van der Waals surface area contributed by atoms with E-state index in [0.29, 0.717) is 43.5 Å². The number of alkyl halides is 3. The van der Waals surface area contributed by atoms with Crippen molar-refractivity contribution in [3.8, 4) is 0 Å². The van der Waals surface area contributed by atoms with Crippen LogP contribution < -0.4 is 11.5 Å². The van der Waals surface area contributed by atoms with Crippen LogP contribution in [0.4, 0.5) is 24.9 Å². The first kappa shape index (κ1) is 25.3. The van der Waals surface area contributed by atoms with Gasteiger partial charge in [-0.1, -0.05) is 0 Å². The molecule has 1 aromatic carbocycles. The molecule has 2 atom stereocenters. The summed E-state index contributed by atoms with van der Waals surface area (Å²) in [4.78, 5) is 33.2. The number of rotatable bonds is 2. The zero-order chi connectivity index (χ0) is 27.7. The molecule has 6 N–H and O–H groups in total. The number of hydrogen-bond donors (Lipinski definition) is 4. The smallest absolute Gasteiger partial charge is 0.386 e. The van der Waals surface area contributed by atoms with Crippen molar-refractivity contribution in [2.75, 3.05) is 31.2 Å². The lowest BCUT2D eigenvalue weighted by Crippen LogP contribution is -2.57. The van der Waals surface area contributed by atoms with E-state index in [9.17, 15) is 23.1 Å². The van der Waals surface area contributed by atoms with Crippen molar-refractivity contribution in [3.63, 3.8) is 0 Å². The molecule has 0 bridgehead atoms. The first-order valence-electron chi connectivity index (χ1n) is 12.3. The molecular formula is C24H26F3N9O3. The van der Waals surface area contributed by atoms with E-state index in [-0.39, 0.29) is 40.9 Å². The number of aromatic amines is 1. The third kappa shape index (κ3) is 4.30. The molecule has 1 amide bonds. The maximum atomic E-state index is 13.2. The van der Waals surface area contributed by atoms with Gasteiger partial charge in [-0.25, -0.2) is 9.97 Å². The van der Waals surface area contributed by atoms with Crippen LogP contribution in [0.5, 0.6) is 0 Å². The third-order valence-corrected chi connectivity index (χ3v) is 7.71. The molecule has 206 valence electrons. The largest absolute Gasteiger partial charge is 0.449 e. The molecule has 15 heteroatoms. The Kier molecular flexibility index (Phi) is 5.52. The summed E-state index contributed by atoms with van der Waals surface area (Å²) in [5.41, 5.74) is 11.2. The number of amides is 1. The van der Waals surface area contributed by atoms with Crippen LogP contribution in [-0.4, -0.2) is 76.3 Å². The predicted molar refractivity (Wildman–Crippen MR) is 133 cm³/mol. The number of aliphatic hydroxyl groups is 1. The van der Waals surface area contributed by atoms with Gasteiger partial charge in [-0.2, -0.15) is 23.1 Å². The van der Waals surface area contributed by atoms with Gasteiger partial charge in [0.2, 0.25) is 11.8 Å². The molecule has 0 aliphatic carbocycles. The zero-order valence-electron chi connectivity index (χ0n) is 20.9. The van der Waals surface area contributed by atoms with Crippen molar-refractivity contribution in [1.82, 2.24) is 34.4 Å². The normalized spacial score (nSPS) is 23.6. The molecule has 2 saturated heterocycles. The minimum atomic E-state index is -4.61. The summed E-state index contributed by atoms with van der Waals surface area (Å²) in [5, 5.41) is 11.2. The fraction of sp³-hybridized carbons (Fsp3) is 0.458. The highest BCUT2D eigenvalue weighted by Crippen LogP contribution is 2.45. The molecule has 12 nitrogen and oxygen atoms in total. The molecule has 2 aliphatic heterocycles. The van der Waals surface area contributed by atoms with E-state index in [1.54, 1.807) is 22.7 Å². The Labute approximate surface area is 219 Å². The highest BCUT2D eigenvalue weighted by atomic mass is 19.4. The van der Waals surface area contributed by atoms with Gasteiger partial charge in [-0.05, 0) is 38.0 Å². The Bertz CT molecular complexity index is 1590. The molecular weight excluding hydrogens is 519 g/mol. The van der Waals surface area contributed by atoms with Crippen LogP contribution >= 0.6 is 0 Å².